The highest BCUT2D eigenvalue weighted by molar-refractivity contribution is 5.98. The predicted octanol–water partition coefficient (Wildman–Crippen LogP) is 3.24. The van der Waals surface area contributed by atoms with Gasteiger partial charge in [-0.25, -0.2) is 9.18 Å². The van der Waals surface area contributed by atoms with Crippen molar-refractivity contribution in [1.29, 1.82) is 10.5 Å². The molecule has 1 unspecified atom stereocenters. The molecule has 1 fully saturated rings. The van der Waals surface area contributed by atoms with Crippen LogP contribution in [0, 0.1) is 39.8 Å². The van der Waals surface area contributed by atoms with E-state index >= 15 is 0 Å². The van der Waals surface area contributed by atoms with E-state index in [4.69, 9.17) is 5.73 Å². The van der Waals surface area contributed by atoms with Crippen LogP contribution >= 0.6 is 0 Å². The Bertz CT molecular complexity index is 1130. The highest BCUT2D eigenvalue weighted by atomic mass is 19.1. The normalized spacial score (nSPS) is 20.5. The number of likely N-dealkylation sites (tertiary alicyclic amines) is 1. The zero-order chi connectivity index (χ0) is 24.3. The molecule has 4 N–H and O–H groups in total. The maximum absolute atomic E-state index is 13.2. The van der Waals surface area contributed by atoms with Gasteiger partial charge in [-0.15, -0.1) is 0 Å². The number of halogens is 1. The molecule has 3 rings (SSSR count). The summed E-state index contributed by atoms with van der Waals surface area (Å²) < 4.78 is 14.7. The molecule has 2 amide bonds. The molecule has 33 heavy (non-hydrogen) atoms. The lowest BCUT2D eigenvalue weighted by molar-refractivity contribution is 0.0522. The minimum Gasteiger partial charge on any atom is -0.465 e. The average molecular weight is 453 g/mol. The number of rotatable bonds is 6. The lowest BCUT2D eigenvalue weighted by Gasteiger charge is -2.43. The number of aromatic nitrogens is 2. The molecule has 2 heterocycles. The Labute approximate surface area is 190 Å². The second kappa shape index (κ2) is 9.17. The standard InChI is InChI=1S/C22H24FN7O3/c1-22(2,12-25)9-18-15(10-24)17(7-8-29(18)21(32)33)30-11-16(19(26)31)20(28-30)27-14-5-3-13(23)4-6-14/h3-6,11,15,17-18H,7-9H2,1-2H3,(H2,26,31)(H,27,28)(H,32,33)/t15-,17+,18?/m1/s1. The van der Waals surface area contributed by atoms with Crippen LogP contribution in [0.2, 0.25) is 0 Å². The number of carboxylic acid groups (broad SMARTS) is 1. The minimum absolute atomic E-state index is 0.0746. The highest BCUT2D eigenvalue weighted by Gasteiger charge is 2.44. The number of carbonyl (C=O) groups is 2. The number of nitriles is 2. The zero-order valence-electron chi connectivity index (χ0n) is 18.2. The maximum Gasteiger partial charge on any atom is 0.407 e. The summed E-state index contributed by atoms with van der Waals surface area (Å²) in [7, 11) is 0. The van der Waals surface area contributed by atoms with Crippen LogP contribution in [0.5, 0.6) is 0 Å². The third-order valence-electron chi connectivity index (χ3n) is 5.76. The molecule has 1 aromatic carbocycles. The van der Waals surface area contributed by atoms with Gasteiger partial charge in [0.2, 0.25) is 0 Å². The van der Waals surface area contributed by atoms with Crippen molar-refractivity contribution in [2.24, 2.45) is 17.1 Å². The molecule has 11 heteroatoms. The van der Waals surface area contributed by atoms with Crippen molar-refractivity contribution in [2.45, 2.75) is 38.8 Å². The van der Waals surface area contributed by atoms with E-state index in [9.17, 15) is 29.6 Å². The monoisotopic (exact) mass is 453 g/mol. The van der Waals surface area contributed by atoms with Gasteiger partial charge in [-0.05, 0) is 51.0 Å². The van der Waals surface area contributed by atoms with E-state index in [2.05, 4.69) is 22.6 Å². The summed E-state index contributed by atoms with van der Waals surface area (Å²) in [5.74, 6) is -1.85. The van der Waals surface area contributed by atoms with E-state index in [0.717, 1.165) is 0 Å². The summed E-state index contributed by atoms with van der Waals surface area (Å²) >= 11 is 0. The van der Waals surface area contributed by atoms with E-state index in [1.54, 1.807) is 13.8 Å². The number of benzene rings is 1. The molecular weight excluding hydrogens is 429 g/mol. The summed E-state index contributed by atoms with van der Waals surface area (Å²) in [5.41, 5.74) is 5.22. The fourth-order valence-corrected chi connectivity index (χ4v) is 4.08. The molecule has 1 saturated heterocycles. The van der Waals surface area contributed by atoms with Gasteiger partial charge in [0.1, 0.15) is 11.4 Å². The van der Waals surface area contributed by atoms with Crippen molar-refractivity contribution < 1.29 is 19.1 Å². The molecule has 1 aliphatic heterocycles. The Kier molecular flexibility index (Phi) is 6.54. The Morgan fingerprint density at radius 2 is 2.00 bits per heavy atom. The number of amides is 2. The van der Waals surface area contributed by atoms with Crippen molar-refractivity contribution in [3.8, 4) is 12.1 Å². The molecule has 3 atom stereocenters. The number of carbonyl (C=O) groups excluding carboxylic acids is 1. The topological polar surface area (TPSA) is 161 Å². The van der Waals surface area contributed by atoms with Crippen LogP contribution in [0.1, 0.15) is 43.1 Å². The number of nitrogens with two attached hydrogens (primary N) is 1. The van der Waals surface area contributed by atoms with Crippen LogP contribution in [0.3, 0.4) is 0 Å². The third-order valence-corrected chi connectivity index (χ3v) is 5.76. The van der Waals surface area contributed by atoms with Crippen molar-refractivity contribution in [3.63, 3.8) is 0 Å². The predicted molar refractivity (Wildman–Crippen MR) is 116 cm³/mol. The van der Waals surface area contributed by atoms with Gasteiger partial charge in [0.15, 0.2) is 5.82 Å². The van der Waals surface area contributed by atoms with Crippen LogP contribution < -0.4 is 11.1 Å². The molecular formula is C22H24FN7O3. The van der Waals surface area contributed by atoms with Gasteiger partial charge in [-0.1, -0.05) is 0 Å². The first-order chi connectivity index (χ1) is 15.6. The smallest absolute Gasteiger partial charge is 0.407 e. The van der Waals surface area contributed by atoms with E-state index < -0.39 is 41.2 Å². The summed E-state index contributed by atoms with van der Waals surface area (Å²) in [6.45, 7) is 3.51. The second-order valence-corrected chi connectivity index (χ2v) is 8.62. The SMILES string of the molecule is CC(C)(C#N)CC1[C@H](C#N)[C@@H](n2cc(C(N)=O)c(Nc3ccc(F)cc3)n2)CCN1C(=O)O. The van der Waals surface area contributed by atoms with E-state index in [-0.39, 0.29) is 30.8 Å². The van der Waals surface area contributed by atoms with Crippen LogP contribution in [-0.4, -0.2) is 44.4 Å². The first kappa shape index (κ1) is 23.5. The molecule has 0 radical (unpaired) electrons. The average Bonchev–Trinajstić information content (AvgIpc) is 3.18. The van der Waals surface area contributed by atoms with Crippen LogP contribution in [-0.2, 0) is 0 Å². The Morgan fingerprint density at radius 1 is 1.33 bits per heavy atom. The van der Waals surface area contributed by atoms with Crippen molar-refractivity contribution >= 4 is 23.5 Å². The van der Waals surface area contributed by atoms with Crippen LogP contribution in [0.15, 0.2) is 30.5 Å². The Balaban J connectivity index is 1.98. The lowest BCUT2D eigenvalue weighted by atomic mass is 9.77. The fourth-order valence-electron chi connectivity index (χ4n) is 4.08. The first-order valence-electron chi connectivity index (χ1n) is 10.3. The molecule has 0 spiro atoms. The van der Waals surface area contributed by atoms with Gasteiger partial charge in [-0.2, -0.15) is 15.6 Å². The van der Waals surface area contributed by atoms with Gasteiger partial charge < -0.3 is 21.1 Å². The quantitative estimate of drug-likeness (QED) is 0.605. The van der Waals surface area contributed by atoms with Gasteiger partial charge in [0.05, 0.1) is 35.6 Å². The van der Waals surface area contributed by atoms with Crippen molar-refractivity contribution in [2.75, 3.05) is 11.9 Å². The van der Waals surface area contributed by atoms with Crippen LogP contribution in [0.4, 0.5) is 20.7 Å². The van der Waals surface area contributed by atoms with Gasteiger partial charge in [-0.3, -0.25) is 9.48 Å². The van der Waals surface area contributed by atoms with Gasteiger partial charge in [0.25, 0.3) is 5.91 Å². The number of hydrogen-bond acceptors (Lipinski definition) is 6. The molecule has 1 aromatic heterocycles. The summed E-state index contributed by atoms with van der Waals surface area (Å²) in [4.78, 5) is 25.1. The summed E-state index contributed by atoms with van der Waals surface area (Å²) in [6.07, 6.45) is 0.704. The Morgan fingerprint density at radius 3 is 2.55 bits per heavy atom. The van der Waals surface area contributed by atoms with Gasteiger partial charge >= 0.3 is 6.09 Å². The largest absolute Gasteiger partial charge is 0.465 e. The molecule has 1 aliphatic rings. The Hall–Kier alpha value is -4.12. The van der Waals surface area contributed by atoms with Crippen molar-refractivity contribution in [3.05, 3.63) is 41.8 Å². The highest BCUT2D eigenvalue weighted by Crippen LogP contribution is 2.39. The minimum atomic E-state index is -1.16. The van der Waals surface area contributed by atoms with Crippen LogP contribution in [0.25, 0.3) is 0 Å². The van der Waals surface area contributed by atoms with Crippen molar-refractivity contribution in [1.82, 2.24) is 14.7 Å². The molecule has 10 nitrogen and oxygen atoms in total. The summed E-state index contributed by atoms with van der Waals surface area (Å²) in [6, 6.07) is 8.51. The second-order valence-electron chi connectivity index (χ2n) is 8.62. The van der Waals surface area contributed by atoms with E-state index in [1.165, 1.54) is 40.0 Å². The molecule has 0 bridgehead atoms. The number of nitrogens with one attached hydrogen (secondary N) is 1. The molecule has 172 valence electrons. The lowest BCUT2D eigenvalue weighted by Crippen LogP contribution is -2.52. The maximum atomic E-state index is 13.2. The number of anilines is 2. The van der Waals surface area contributed by atoms with E-state index in [1.807, 2.05) is 0 Å². The third kappa shape index (κ3) is 5.04. The van der Waals surface area contributed by atoms with Gasteiger partial charge in [0, 0.05) is 18.4 Å². The number of hydrogen-bond donors (Lipinski definition) is 3. The first-order valence-corrected chi connectivity index (χ1v) is 10.3. The molecule has 2 aromatic rings. The number of piperidine rings is 1. The number of primary amides is 1. The zero-order valence-corrected chi connectivity index (χ0v) is 18.2. The summed E-state index contributed by atoms with van der Waals surface area (Å²) in [5, 5.41) is 36.4. The molecule has 0 aliphatic carbocycles. The van der Waals surface area contributed by atoms with E-state index in [0.29, 0.717) is 5.69 Å². The number of nitrogens with zero attached hydrogens (tertiary/aromatic N) is 5. The molecule has 0 saturated carbocycles. The fraction of sp³-hybridized carbons (Fsp3) is 0.409.